The molecule has 1 rings (SSSR count). The van der Waals surface area contributed by atoms with Crippen molar-refractivity contribution in [1.29, 1.82) is 0 Å². The average Bonchev–Trinajstić information content (AvgIpc) is 2.00. The van der Waals surface area contributed by atoms with Crippen LogP contribution in [0.1, 0.15) is 6.92 Å². The van der Waals surface area contributed by atoms with E-state index in [1.165, 1.54) is 6.92 Å². The van der Waals surface area contributed by atoms with E-state index in [-0.39, 0.29) is 6.54 Å². The number of aliphatic hydroxyl groups excluding tert-OH is 4. The van der Waals surface area contributed by atoms with Crippen molar-refractivity contribution in [2.45, 2.75) is 37.4 Å². The van der Waals surface area contributed by atoms with E-state index in [2.05, 4.69) is 5.32 Å². The molecule has 0 bridgehead atoms. The molecule has 1 heterocycles. The summed E-state index contributed by atoms with van der Waals surface area (Å²) >= 11 is 0. The zero-order valence-corrected chi connectivity index (χ0v) is 6.88. The van der Waals surface area contributed by atoms with Crippen LogP contribution in [-0.4, -0.2) is 57.4 Å². The predicted octanol–water partition coefficient (Wildman–Crippen LogP) is -2.58. The fourth-order valence-corrected chi connectivity index (χ4v) is 1.39. The highest BCUT2D eigenvalue weighted by Crippen LogP contribution is 2.12. The molecule has 0 saturated carbocycles. The summed E-state index contributed by atoms with van der Waals surface area (Å²) in [6.45, 7) is 1.71. The number of aliphatic hydroxyl groups is 4. The maximum absolute atomic E-state index is 9.35. The van der Waals surface area contributed by atoms with Crippen molar-refractivity contribution < 1.29 is 20.4 Å². The Morgan fingerprint density at radius 3 is 2.33 bits per heavy atom. The molecular weight excluding hydrogens is 162 g/mol. The summed E-state index contributed by atoms with van der Waals surface area (Å²) in [4.78, 5) is 0. The number of rotatable bonds is 1. The summed E-state index contributed by atoms with van der Waals surface area (Å²) in [6.07, 6.45) is -4.00. The van der Waals surface area contributed by atoms with E-state index in [1.807, 2.05) is 0 Å². The molecule has 0 aliphatic carbocycles. The lowest BCUT2D eigenvalue weighted by Crippen LogP contribution is -2.62. The molecule has 0 spiro atoms. The minimum Gasteiger partial charge on any atom is -0.392 e. The van der Waals surface area contributed by atoms with E-state index in [0.717, 1.165) is 0 Å². The summed E-state index contributed by atoms with van der Waals surface area (Å²) < 4.78 is 0. The predicted molar refractivity (Wildman–Crippen MR) is 41.5 cm³/mol. The Morgan fingerprint density at radius 2 is 1.83 bits per heavy atom. The van der Waals surface area contributed by atoms with Crippen molar-refractivity contribution in [3.05, 3.63) is 0 Å². The smallest absolute Gasteiger partial charge is 0.109 e. The van der Waals surface area contributed by atoms with Crippen LogP contribution in [0.5, 0.6) is 0 Å². The topological polar surface area (TPSA) is 93.0 Å². The maximum atomic E-state index is 9.35. The zero-order valence-electron chi connectivity index (χ0n) is 6.88. The van der Waals surface area contributed by atoms with Crippen molar-refractivity contribution in [3.8, 4) is 0 Å². The molecule has 12 heavy (non-hydrogen) atoms. The fraction of sp³-hybridized carbons (Fsp3) is 1.00. The number of nitrogens with one attached hydrogen (secondary N) is 1. The molecule has 1 aliphatic rings. The molecule has 0 aromatic carbocycles. The van der Waals surface area contributed by atoms with Gasteiger partial charge in [-0.3, -0.25) is 0 Å². The molecule has 5 N–H and O–H groups in total. The van der Waals surface area contributed by atoms with E-state index >= 15 is 0 Å². The van der Waals surface area contributed by atoms with Crippen LogP contribution in [0.2, 0.25) is 0 Å². The average molecular weight is 177 g/mol. The summed E-state index contributed by atoms with van der Waals surface area (Å²) in [5.41, 5.74) is 0. The molecule has 0 radical (unpaired) electrons. The summed E-state index contributed by atoms with van der Waals surface area (Å²) in [7, 11) is 0. The van der Waals surface area contributed by atoms with Gasteiger partial charge in [0.1, 0.15) is 12.2 Å². The van der Waals surface area contributed by atoms with E-state index in [4.69, 9.17) is 10.2 Å². The quantitative estimate of drug-likeness (QED) is 0.303. The fourth-order valence-electron chi connectivity index (χ4n) is 1.39. The Balaban J connectivity index is 2.58. The van der Waals surface area contributed by atoms with Gasteiger partial charge in [-0.05, 0) is 6.92 Å². The highest BCUT2D eigenvalue weighted by Gasteiger charge is 2.38. The van der Waals surface area contributed by atoms with Gasteiger partial charge in [-0.15, -0.1) is 0 Å². The summed E-state index contributed by atoms with van der Waals surface area (Å²) in [5.74, 6) is 0. The van der Waals surface area contributed by atoms with E-state index in [9.17, 15) is 10.2 Å². The first-order valence-electron chi connectivity index (χ1n) is 3.99. The highest BCUT2D eigenvalue weighted by molar-refractivity contribution is 4.94. The van der Waals surface area contributed by atoms with Crippen LogP contribution < -0.4 is 5.32 Å². The van der Waals surface area contributed by atoms with Crippen molar-refractivity contribution in [1.82, 2.24) is 5.32 Å². The van der Waals surface area contributed by atoms with Gasteiger partial charge in [0.05, 0.1) is 18.2 Å². The van der Waals surface area contributed by atoms with Crippen LogP contribution >= 0.6 is 0 Å². The summed E-state index contributed by atoms with van der Waals surface area (Å²) in [6, 6.07) is -0.566. The molecule has 5 nitrogen and oxygen atoms in total. The number of hydrogen-bond donors (Lipinski definition) is 5. The number of piperidine rings is 1. The third-order valence-electron chi connectivity index (χ3n) is 2.19. The second-order valence-electron chi connectivity index (χ2n) is 3.22. The summed E-state index contributed by atoms with van der Waals surface area (Å²) in [5, 5.41) is 39.5. The Kier molecular flexibility index (Phi) is 3.03. The van der Waals surface area contributed by atoms with Gasteiger partial charge in [0.2, 0.25) is 0 Å². The standard InChI is InChI=1S/C7H15NO4/c1-3(9)5-7(12)6(11)4(10)2-8-5/h3-12H,2H2,1H3/t3-,4+,5-,6-,7-/m1/s1. The van der Waals surface area contributed by atoms with Gasteiger partial charge < -0.3 is 25.7 Å². The first kappa shape index (κ1) is 9.88. The lowest BCUT2D eigenvalue weighted by atomic mass is 9.93. The van der Waals surface area contributed by atoms with Crippen LogP contribution in [0.3, 0.4) is 0 Å². The molecule has 5 atom stereocenters. The van der Waals surface area contributed by atoms with Crippen LogP contribution in [0, 0.1) is 0 Å². The van der Waals surface area contributed by atoms with Gasteiger partial charge in [-0.25, -0.2) is 0 Å². The molecule has 0 unspecified atom stereocenters. The second kappa shape index (κ2) is 3.68. The Bertz CT molecular complexity index is 152. The van der Waals surface area contributed by atoms with Crippen molar-refractivity contribution >= 4 is 0 Å². The lowest BCUT2D eigenvalue weighted by molar-refractivity contribution is -0.111. The van der Waals surface area contributed by atoms with Crippen LogP contribution in [0.25, 0.3) is 0 Å². The first-order chi connectivity index (χ1) is 5.54. The molecule has 1 aliphatic heterocycles. The van der Waals surface area contributed by atoms with Gasteiger partial charge in [-0.1, -0.05) is 0 Å². The van der Waals surface area contributed by atoms with Gasteiger partial charge in [0, 0.05) is 6.54 Å². The maximum Gasteiger partial charge on any atom is 0.109 e. The lowest BCUT2D eigenvalue weighted by Gasteiger charge is -2.37. The Morgan fingerprint density at radius 1 is 1.25 bits per heavy atom. The minimum absolute atomic E-state index is 0.188. The minimum atomic E-state index is -1.18. The van der Waals surface area contributed by atoms with Gasteiger partial charge in [-0.2, -0.15) is 0 Å². The molecule has 1 saturated heterocycles. The molecular formula is C7H15NO4. The van der Waals surface area contributed by atoms with E-state index < -0.39 is 30.5 Å². The van der Waals surface area contributed by atoms with Crippen molar-refractivity contribution in [2.24, 2.45) is 0 Å². The number of hydrogen-bond acceptors (Lipinski definition) is 5. The zero-order chi connectivity index (χ0) is 9.30. The van der Waals surface area contributed by atoms with Crippen molar-refractivity contribution in [2.75, 3.05) is 6.54 Å². The van der Waals surface area contributed by atoms with Crippen molar-refractivity contribution in [3.63, 3.8) is 0 Å². The molecule has 72 valence electrons. The first-order valence-corrected chi connectivity index (χ1v) is 3.99. The molecule has 0 amide bonds. The second-order valence-corrected chi connectivity index (χ2v) is 3.22. The van der Waals surface area contributed by atoms with Gasteiger partial charge in [0.25, 0.3) is 0 Å². The molecule has 0 aromatic rings. The monoisotopic (exact) mass is 177 g/mol. The SMILES string of the molecule is C[C@@H](O)[C@H]1NC[C@H](O)[C@@H](O)[C@@H]1O. The molecule has 0 aromatic heterocycles. The van der Waals surface area contributed by atoms with Crippen LogP contribution in [0.15, 0.2) is 0 Å². The third-order valence-corrected chi connectivity index (χ3v) is 2.19. The van der Waals surface area contributed by atoms with Gasteiger partial charge in [0.15, 0.2) is 0 Å². The van der Waals surface area contributed by atoms with Gasteiger partial charge >= 0.3 is 0 Å². The molecule has 1 fully saturated rings. The van der Waals surface area contributed by atoms with Crippen LogP contribution in [-0.2, 0) is 0 Å². The number of β-amino-alcohol motifs (C(OH)–C–C–N with tert-alkyl or cyclic N) is 1. The largest absolute Gasteiger partial charge is 0.392 e. The Labute approximate surface area is 70.6 Å². The molecule has 5 heteroatoms. The van der Waals surface area contributed by atoms with Crippen LogP contribution in [0.4, 0.5) is 0 Å². The van der Waals surface area contributed by atoms with E-state index in [1.54, 1.807) is 0 Å². The third kappa shape index (κ3) is 1.75. The van der Waals surface area contributed by atoms with E-state index in [0.29, 0.717) is 0 Å². The Hall–Kier alpha value is -0.200. The normalized spacial score (nSPS) is 45.8. The highest BCUT2D eigenvalue weighted by atomic mass is 16.4.